The van der Waals surface area contributed by atoms with Gasteiger partial charge in [0.1, 0.15) is 11.3 Å². The van der Waals surface area contributed by atoms with Gasteiger partial charge in [-0.2, -0.15) is 0 Å². The van der Waals surface area contributed by atoms with Crippen LogP contribution in [-0.2, 0) is 4.79 Å². The van der Waals surface area contributed by atoms with Gasteiger partial charge in [0.2, 0.25) is 5.78 Å². The minimum Gasteiger partial charge on any atom is -0.503 e. The Balaban J connectivity index is 1.79. The van der Waals surface area contributed by atoms with Gasteiger partial charge in [0.25, 0.3) is 5.91 Å². The Bertz CT molecular complexity index is 1280. The molecule has 0 saturated carbocycles. The lowest BCUT2D eigenvalue weighted by Crippen LogP contribution is -2.36. The van der Waals surface area contributed by atoms with Crippen molar-refractivity contribution in [3.8, 4) is 5.75 Å². The largest absolute Gasteiger partial charge is 0.503 e. The van der Waals surface area contributed by atoms with Crippen molar-refractivity contribution in [2.24, 2.45) is 0 Å². The van der Waals surface area contributed by atoms with E-state index in [-0.39, 0.29) is 17.4 Å². The van der Waals surface area contributed by atoms with Gasteiger partial charge in [0.15, 0.2) is 11.5 Å². The Kier molecular flexibility index (Phi) is 6.81. The van der Waals surface area contributed by atoms with Gasteiger partial charge in [0.05, 0.1) is 17.7 Å². The van der Waals surface area contributed by atoms with Crippen LogP contribution >= 0.6 is 15.9 Å². The predicted octanol–water partition coefficient (Wildman–Crippen LogP) is 5.12. The molecule has 1 N–H and O–H groups in total. The fourth-order valence-electron chi connectivity index (χ4n) is 4.06. The van der Waals surface area contributed by atoms with Gasteiger partial charge in [-0.25, -0.2) is 0 Å². The van der Waals surface area contributed by atoms with Crippen LogP contribution in [0.5, 0.6) is 5.75 Å². The van der Waals surface area contributed by atoms with Gasteiger partial charge in [-0.3, -0.25) is 9.59 Å². The van der Waals surface area contributed by atoms with Crippen LogP contribution in [0, 0.1) is 0 Å². The minimum absolute atomic E-state index is 0.00331. The number of hydrogen-bond donors (Lipinski definition) is 1. The fraction of sp³-hybridized carbons (Fsp3) is 0.308. The number of Topliss-reactive ketones (excluding diaryl/α,β-unsaturated/α-hetero) is 1. The van der Waals surface area contributed by atoms with Gasteiger partial charge in [-0.15, -0.1) is 0 Å². The zero-order chi connectivity index (χ0) is 24.6. The molecule has 1 amide bonds. The summed E-state index contributed by atoms with van der Waals surface area (Å²) in [6.07, 6.45) is -0.0368. The second kappa shape index (κ2) is 9.64. The number of carbonyl (C=O) groups excluding carboxylic acids is 2. The molecule has 0 saturated heterocycles. The maximum absolute atomic E-state index is 13.6. The SMILES string of the molecule is CC(C)Oc1cccc(C2C(C(=O)c3cc4cc(Br)ccc4o3)=C(O)C(=O)N2CCN(C)C)c1. The number of fused-ring (bicyclic) bond motifs is 1. The van der Waals surface area contributed by atoms with E-state index >= 15 is 0 Å². The van der Waals surface area contributed by atoms with Gasteiger partial charge in [-0.1, -0.05) is 28.1 Å². The summed E-state index contributed by atoms with van der Waals surface area (Å²) in [7, 11) is 3.80. The molecule has 2 aromatic carbocycles. The molecule has 1 aromatic heterocycles. The lowest BCUT2D eigenvalue weighted by atomic mass is 9.95. The number of furan rings is 1. The maximum Gasteiger partial charge on any atom is 0.290 e. The third-order valence-electron chi connectivity index (χ3n) is 5.58. The molecule has 0 bridgehead atoms. The number of amides is 1. The van der Waals surface area contributed by atoms with E-state index in [0.717, 1.165) is 9.86 Å². The third-order valence-corrected chi connectivity index (χ3v) is 6.08. The molecule has 34 heavy (non-hydrogen) atoms. The van der Waals surface area contributed by atoms with Crippen molar-refractivity contribution in [1.29, 1.82) is 0 Å². The van der Waals surface area contributed by atoms with Crippen LogP contribution < -0.4 is 4.74 Å². The lowest BCUT2D eigenvalue weighted by molar-refractivity contribution is -0.129. The molecule has 3 aromatic rings. The van der Waals surface area contributed by atoms with Crippen molar-refractivity contribution in [2.75, 3.05) is 27.2 Å². The first kappa shape index (κ1) is 24.0. The van der Waals surface area contributed by atoms with Crippen molar-refractivity contribution in [2.45, 2.75) is 26.0 Å². The normalized spacial score (nSPS) is 16.4. The van der Waals surface area contributed by atoms with E-state index in [4.69, 9.17) is 9.15 Å². The van der Waals surface area contributed by atoms with E-state index < -0.39 is 23.5 Å². The van der Waals surface area contributed by atoms with Crippen molar-refractivity contribution >= 4 is 38.6 Å². The highest BCUT2D eigenvalue weighted by Crippen LogP contribution is 2.40. The fourth-order valence-corrected chi connectivity index (χ4v) is 4.44. The third kappa shape index (κ3) is 4.74. The van der Waals surface area contributed by atoms with E-state index in [9.17, 15) is 14.7 Å². The zero-order valence-electron chi connectivity index (χ0n) is 19.5. The summed E-state index contributed by atoms with van der Waals surface area (Å²) < 4.78 is 12.5. The quantitative estimate of drug-likeness (QED) is 0.410. The van der Waals surface area contributed by atoms with E-state index in [1.165, 1.54) is 4.90 Å². The predicted molar refractivity (Wildman–Crippen MR) is 133 cm³/mol. The summed E-state index contributed by atoms with van der Waals surface area (Å²) >= 11 is 3.42. The highest BCUT2D eigenvalue weighted by Gasteiger charge is 2.44. The molecule has 1 aliphatic rings. The molecule has 178 valence electrons. The molecule has 8 heteroatoms. The van der Waals surface area contributed by atoms with Crippen LogP contribution in [0.25, 0.3) is 11.0 Å². The smallest absolute Gasteiger partial charge is 0.290 e. The number of aliphatic hydroxyl groups excluding tert-OH is 1. The molecule has 1 unspecified atom stereocenters. The van der Waals surface area contributed by atoms with Crippen LogP contribution in [0.1, 0.15) is 36.0 Å². The van der Waals surface area contributed by atoms with Crippen molar-refractivity contribution in [3.63, 3.8) is 0 Å². The Morgan fingerprint density at radius 1 is 1.21 bits per heavy atom. The highest BCUT2D eigenvalue weighted by molar-refractivity contribution is 9.10. The van der Waals surface area contributed by atoms with E-state index in [1.54, 1.807) is 12.1 Å². The molecular formula is C26H27BrN2O5. The molecule has 2 heterocycles. The Morgan fingerprint density at radius 3 is 2.68 bits per heavy atom. The molecule has 4 rings (SSSR count). The van der Waals surface area contributed by atoms with Crippen molar-refractivity contribution < 1.29 is 23.8 Å². The average molecular weight is 527 g/mol. The average Bonchev–Trinajstić information content (AvgIpc) is 3.30. The molecule has 1 atom stereocenters. The Labute approximate surface area is 206 Å². The maximum atomic E-state index is 13.6. The molecule has 0 aliphatic carbocycles. The molecule has 1 aliphatic heterocycles. The van der Waals surface area contributed by atoms with Gasteiger partial charge < -0.3 is 24.1 Å². The van der Waals surface area contributed by atoms with E-state index in [0.29, 0.717) is 30.0 Å². The topological polar surface area (TPSA) is 83.2 Å². The Hall–Kier alpha value is -3.10. The first-order valence-corrected chi connectivity index (χ1v) is 11.8. The van der Waals surface area contributed by atoms with Crippen molar-refractivity contribution in [3.05, 3.63) is 75.7 Å². The minimum atomic E-state index is -0.768. The van der Waals surface area contributed by atoms with Crippen LogP contribution in [-0.4, -0.2) is 59.9 Å². The summed E-state index contributed by atoms with van der Waals surface area (Å²) in [5, 5.41) is 11.6. The van der Waals surface area contributed by atoms with E-state index in [2.05, 4.69) is 15.9 Å². The highest BCUT2D eigenvalue weighted by atomic mass is 79.9. The van der Waals surface area contributed by atoms with Crippen LogP contribution in [0.2, 0.25) is 0 Å². The number of aliphatic hydroxyl groups is 1. The summed E-state index contributed by atoms with van der Waals surface area (Å²) in [4.78, 5) is 30.2. The first-order valence-electron chi connectivity index (χ1n) is 11.0. The van der Waals surface area contributed by atoms with Crippen LogP contribution in [0.3, 0.4) is 0 Å². The van der Waals surface area contributed by atoms with Crippen LogP contribution in [0.15, 0.2) is 68.8 Å². The summed E-state index contributed by atoms with van der Waals surface area (Å²) in [6.45, 7) is 4.75. The molecule has 7 nitrogen and oxygen atoms in total. The molecule has 0 spiro atoms. The number of benzene rings is 2. The number of rotatable bonds is 8. The monoisotopic (exact) mass is 526 g/mol. The number of hydrogen-bond acceptors (Lipinski definition) is 6. The van der Waals surface area contributed by atoms with Gasteiger partial charge in [0, 0.05) is 22.9 Å². The summed E-state index contributed by atoms with van der Waals surface area (Å²) in [5.74, 6) is -0.962. The number of halogens is 1. The molecular weight excluding hydrogens is 500 g/mol. The lowest BCUT2D eigenvalue weighted by Gasteiger charge is -2.28. The summed E-state index contributed by atoms with van der Waals surface area (Å²) in [5.41, 5.74) is 1.23. The number of carbonyl (C=O) groups is 2. The number of nitrogens with zero attached hydrogens (tertiary/aromatic N) is 2. The first-order chi connectivity index (χ1) is 16.2. The second-order valence-corrected chi connectivity index (χ2v) is 9.74. The standard InChI is InChI=1S/C26H27BrN2O5/c1-15(2)33-19-7-5-6-16(13-19)23-22(25(31)26(32)29(23)11-10-28(3)4)24(30)21-14-17-12-18(27)8-9-20(17)34-21/h5-9,12-15,23,31H,10-11H2,1-4H3. The van der Waals surface area contributed by atoms with Crippen LogP contribution in [0.4, 0.5) is 0 Å². The summed E-state index contributed by atoms with van der Waals surface area (Å²) in [6, 6.07) is 13.6. The van der Waals surface area contributed by atoms with Gasteiger partial charge in [-0.05, 0) is 69.9 Å². The number of ether oxygens (including phenoxy) is 1. The molecule has 0 fully saturated rings. The number of ketones is 1. The Morgan fingerprint density at radius 2 is 1.97 bits per heavy atom. The zero-order valence-corrected chi connectivity index (χ0v) is 21.1. The second-order valence-electron chi connectivity index (χ2n) is 8.83. The van der Waals surface area contributed by atoms with Crippen molar-refractivity contribution in [1.82, 2.24) is 9.80 Å². The van der Waals surface area contributed by atoms with E-state index in [1.807, 2.05) is 69.2 Å². The number of likely N-dealkylation sites (N-methyl/N-ethyl adjacent to an activating group) is 1. The van der Waals surface area contributed by atoms with Gasteiger partial charge >= 0.3 is 0 Å². The molecule has 0 radical (unpaired) electrons.